The van der Waals surface area contributed by atoms with E-state index in [9.17, 15) is 19.1 Å². The molecule has 1 aliphatic heterocycles. The predicted octanol–water partition coefficient (Wildman–Crippen LogP) is 2.67. The van der Waals surface area contributed by atoms with Crippen molar-refractivity contribution in [3.05, 3.63) is 59.9 Å². The molecule has 1 aliphatic rings. The van der Waals surface area contributed by atoms with Crippen LogP contribution in [0.15, 0.2) is 48.5 Å². The molecule has 2 amide bonds. The van der Waals surface area contributed by atoms with Gasteiger partial charge in [-0.3, -0.25) is 9.59 Å². The first-order valence-electron chi connectivity index (χ1n) is 9.23. The Labute approximate surface area is 163 Å². The van der Waals surface area contributed by atoms with Gasteiger partial charge in [-0.2, -0.15) is 0 Å². The molecule has 1 heterocycles. The van der Waals surface area contributed by atoms with Gasteiger partial charge in [0.25, 0.3) is 11.8 Å². The van der Waals surface area contributed by atoms with Crippen molar-refractivity contribution < 1.29 is 23.8 Å². The first kappa shape index (κ1) is 19.7. The topological polar surface area (TPSA) is 70.1 Å². The van der Waals surface area contributed by atoms with Crippen LogP contribution < -0.4 is 4.74 Å². The molecule has 1 N–H and O–H groups in total. The highest BCUT2D eigenvalue weighted by molar-refractivity contribution is 5.94. The molecular weight excluding hydrogens is 363 g/mol. The molecule has 1 saturated heterocycles. The number of rotatable bonds is 4. The first-order chi connectivity index (χ1) is 13.4. The molecule has 0 aliphatic carbocycles. The fraction of sp³-hybridized carbons (Fsp3) is 0.333. The Bertz CT molecular complexity index is 841. The van der Waals surface area contributed by atoms with Gasteiger partial charge in [-0.05, 0) is 55.8 Å². The number of hydrogen-bond donors (Lipinski definition) is 1. The van der Waals surface area contributed by atoms with Crippen LogP contribution in [-0.2, 0) is 4.79 Å². The van der Waals surface area contributed by atoms with E-state index >= 15 is 0 Å². The van der Waals surface area contributed by atoms with Crippen LogP contribution in [0.1, 0.15) is 23.7 Å². The molecule has 1 fully saturated rings. The Hall–Kier alpha value is -3.09. The third-order valence-electron chi connectivity index (χ3n) is 4.66. The lowest BCUT2D eigenvalue weighted by molar-refractivity contribution is -0.137. The van der Waals surface area contributed by atoms with Crippen LogP contribution in [0, 0.1) is 5.82 Å². The van der Waals surface area contributed by atoms with Crippen LogP contribution in [0.5, 0.6) is 11.5 Å². The number of aromatic hydroxyl groups is 1. The number of phenols is 1. The second kappa shape index (κ2) is 8.73. The molecule has 1 unspecified atom stereocenters. The van der Waals surface area contributed by atoms with Crippen LogP contribution >= 0.6 is 0 Å². The maximum absolute atomic E-state index is 13.4. The van der Waals surface area contributed by atoms with E-state index in [-0.39, 0.29) is 17.6 Å². The third kappa shape index (κ3) is 4.79. The zero-order chi connectivity index (χ0) is 20.1. The van der Waals surface area contributed by atoms with Gasteiger partial charge < -0.3 is 19.6 Å². The Balaban J connectivity index is 1.58. The van der Waals surface area contributed by atoms with Crippen LogP contribution in [0.4, 0.5) is 4.39 Å². The summed E-state index contributed by atoms with van der Waals surface area (Å²) in [6.07, 6.45) is -0.0475. The maximum atomic E-state index is 13.4. The number of phenolic OH excluding ortho intramolecular Hbond substituents is 1. The number of hydrogen-bond acceptors (Lipinski definition) is 4. The number of carbonyl (C=O) groups is 2. The standard InChI is InChI=1S/C21H23FN2O4/c1-15(28-19-8-6-18(25)7-9-19)20(26)23-10-3-11-24(13-12-23)21(27)16-4-2-5-17(22)14-16/h2,4-9,14-15,25H,3,10-13H2,1H3. The number of carbonyl (C=O) groups excluding carboxylic acids is 2. The summed E-state index contributed by atoms with van der Waals surface area (Å²) in [4.78, 5) is 28.6. The van der Waals surface area contributed by atoms with Crippen molar-refractivity contribution in [3.8, 4) is 11.5 Å². The number of nitrogens with zero attached hydrogens (tertiary/aromatic N) is 2. The molecule has 1 atom stereocenters. The summed E-state index contributed by atoms with van der Waals surface area (Å²) >= 11 is 0. The molecule has 7 heteroatoms. The fourth-order valence-corrected chi connectivity index (χ4v) is 3.18. The summed E-state index contributed by atoms with van der Waals surface area (Å²) < 4.78 is 19.0. The van der Waals surface area contributed by atoms with Gasteiger partial charge in [-0.1, -0.05) is 6.07 Å². The largest absolute Gasteiger partial charge is 0.508 e. The number of ether oxygens (including phenoxy) is 1. The van der Waals surface area contributed by atoms with E-state index in [0.29, 0.717) is 43.9 Å². The van der Waals surface area contributed by atoms with Gasteiger partial charge in [-0.25, -0.2) is 4.39 Å². The van der Waals surface area contributed by atoms with E-state index in [2.05, 4.69) is 0 Å². The minimum Gasteiger partial charge on any atom is -0.508 e. The molecule has 0 spiro atoms. The van der Waals surface area contributed by atoms with Crippen molar-refractivity contribution in [3.63, 3.8) is 0 Å². The quantitative estimate of drug-likeness (QED) is 0.877. The van der Waals surface area contributed by atoms with Crippen LogP contribution in [0.25, 0.3) is 0 Å². The zero-order valence-corrected chi connectivity index (χ0v) is 15.7. The van der Waals surface area contributed by atoms with Gasteiger partial charge in [0.15, 0.2) is 6.10 Å². The molecule has 0 radical (unpaired) electrons. The molecular formula is C21H23FN2O4. The van der Waals surface area contributed by atoms with Gasteiger partial charge >= 0.3 is 0 Å². The fourth-order valence-electron chi connectivity index (χ4n) is 3.18. The van der Waals surface area contributed by atoms with Crippen molar-refractivity contribution in [2.24, 2.45) is 0 Å². The highest BCUT2D eigenvalue weighted by atomic mass is 19.1. The Morgan fingerprint density at radius 3 is 2.43 bits per heavy atom. The zero-order valence-electron chi connectivity index (χ0n) is 15.7. The van der Waals surface area contributed by atoms with Crippen molar-refractivity contribution in [1.29, 1.82) is 0 Å². The molecule has 148 valence electrons. The summed E-state index contributed by atoms with van der Waals surface area (Å²) in [5.74, 6) is -0.216. The number of amides is 2. The van der Waals surface area contributed by atoms with E-state index in [1.165, 1.54) is 30.3 Å². The van der Waals surface area contributed by atoms with Gasteiger partial charge in [0.1, 0.15) is 17.3 Å². The van der Waals surface area contributed by atoms with Gasteiger partial charge in [0, 0.05) is 31.7 Å². The first-order valence-corrected chi connectivity index (χ1v) is 9.23. The third-order valence-corrected chi connectivity index (χ3v) is 4.66. The van der Waals surface area contributed by atoms with Crippen LogP contribution in [0.3, 0.4) is 0 Å². The van der Waals surface area contributed by atoms with E-state index in [1.807, 2.05) is 0 Å². The minimum absolute atomic E-state index is 0.127. The Kier molecular flexibility index (Phi) is 6.13. The summed E-state index contributed by atoms with van der Waals surface area (Å²) in [6, 6.07) is 11.8. The summed E-state index contributed by atoms with van der Waals surface area (Å²) in [5, 5.41) is 9.32. The Morgan fingerprint density at radius 1 is 1.04 bits per heavy atom. The molecule has 0 bridgehead atoms. The van der Waals surface area contributed by atoms with Crippen molar-refractivity contribution in [2.75, 3.05) is 26.2 Å². The SMILES string of the molecule is CC(Oc1ccc(O)cc1)C(=O)N1CCCN(C(=O)c2cccc(F)c2)CC1. The lowest BCUT2D eigenvalue weighted by atomic mass is 10.2. The van der Waals surface area contributed by atoms with E-state index in [0.717, 1.165) is 0 Å². The smallest absolute Gasteiger partial charge is 0.263 e. The second-order valence-electron chi connectivity index (χ2n) is 6.74. The number of halogens is 1. The maximum Gasteiger partial charge on any atom is 0.263 e. The summed E-state index contributed by atoms with van der Waals surface area (Å²) in [5.41, 5.74) is 0.309. The normalized spacial score (nSPS) is 15.6. The van der Waals surface area contributed by atoms with Crippen molar-refractivity contribution in [1.82, 2.24) is 9.80 Å². The van der Waals surface area contributed by atoms with Crippen molar-refractivity contribution in [2.45, 2.75) is 19.4 Å². The van der Waals surface area contributed by atoms with Gasteiger partial charge in [-0.15, -0.1) is 0 Å². The summed E-state index contributed by atoms with van der Waals surface area (Å²) in [7, 11) is 0. The van der Waals surface area contributed by atoms with E-state index in [1.54, 1.807) is 34.9 Å². The van der Waals surface area contributed by atoms with Gasteiger partial charge in [0.05, 0.1) is 0 Å². The monoisotopic (exact) mass is 386 g/mol. The van der Waals surface area contributed by atoms with E-state index < -0.39 is 11.9 Å². The average Bonchev–Trinajstić information content (AvgIpc) is 2.94. The van der Waals surface area contributed by atoms with Crippen molar-refractivity contribution >= 4 is 11.8 Å². The minimum atomic E-state index is -0.685. The molecule has 0 aromatic heterocycles. The highest BCUT2D eigenvalue weighted by Gasteiger charge is 2.26. The predicted molar refractivity (Wildman–Crippen MR) is 102 cm³/mol. The molecule has 28 heavy (non-hydrogen) atoms. The van der Waals surface area contributed by atoms with E-state index in [4.69, 9.17) is 4.74 Å². The molecule has 6 nitrogen and oxygen atoms in total. The molecule has 2 aromatic rings. The second-order valence-corrected chi connectivity index (χ2v) is 6.74. The van der Waals surface area contributed by atoms with Gasteiger partial charge in [0.2, 0.25) is 0 Å². The molecule has 2 aromatic carbocycles. The average molecular weight is 386 g/mol. The number of benzene rings is 2. The summed E-state index contributed by atoms with van der Waals surface area (Å²) in [6.45, 7) is 3.48. The van der Waals surface area contributed by atoms with Crippen LogP contribution in [-0.4, -0.2) is 59.0 Å². The van der Waals surface area contributed by atoms with Crippen LogP contribution in [0.2, 0.25) is 0 Å². The highest BCUT2D eigenvalue weighted by Crippen LogP contribution is 2.18. The Morgan fingerprint density at radius 2 is 1.71 bits per heavy atom. The molecule has 3 rings (SSSR count). The lowest BCUT2D eigenvalue weighted by Gasteiger charge is -2.25. The lowest BCUT2D eigenvalue weighted by Crippen LogP contribution is -2.43. The molecule has 0 saturated carbocycles.